The van der Waals surface area contributed by atoms with E-state index in [9.17, 15) is 4.79 Å². The second kappa shape index (κ2) is 8.94. The minimum atomic E-state index is -0.189. The SMILES string of the molecule is CCCC(C)Oc1nc(N)c2[nH]c(=O)n(CCC3CCCN(C(C)C)C3)c2n1. The highest BCUT2D eigenvalue weighted by atomic mass is 16.5. The molecule has 8 nitrogen and oxygen atoms in total. The van der Waals surface area contributed by atoms with Gasteiger partial charge in [0, 0.05) is 19.1 Å². The van der Waals surface area contributed by atoms with Gasteiger partial charge in [-0.1, -0.05) is 13.3 Å². The Balaban J connectivity index is 1.77. The summed E-state index contributed by atoms with van der Waals surface area (Å²) in [5.41, 5.74) is 6.90. The van der Waals surface area contributed by atoms with Gasteiger partial charge in [-0.25, -0.2) is 4.79 Å². The summed E-state index contributed by atoms with van der Waals surface area (Å²) >= 11 is 0. The average Bonchev–Trinajstić information content (AvgIpc) is 2.96. The summed E-state index contributed by atoms with van der Waals surface area (Å²) in [6, 6.07) is 0.804. The minimum absolute atomic E-state index is 0.00483. The molecule has 1 saturated heterocycles. The summed E-state index contributed by atoms with van der Waals surface area (Å²) in [6.07, 6.45) is 5.31. The van der Waals surface area contributed by atoms with Gasteiger partial charge in [0.1, 0.15) is 5.52 Å². The molecular weight excluding hydrogens is 356 g/mol. The molecule has 0 aromatic carbocycles. The predicted molar refractivity (Wildman–Crippen MR) is 112 cm³/mol. The van der Waals surface area contributed by atoms with Crippen LogP contribution in [-0.2, 0) is 6.54 Å². The van der Waals surface area contributed by atoms with Crippen molar-refractivity contribution in [2.45, 2.75) is 78.5 Å². The Morgan fingerprint density at radius 1 is 1.32 bits per heavy atom. The Kier molecular flexibility index (Phi) is 6.59. The second-order valence-corrected chi connectivity index (χ2v) is 8.27. The summed E-state index contributed by atoms with van der Waals surface area (Å²) < 4.78 is 7.48. The van der Waals surface area contributed by atoms with Gasteiger partial charge in [-0.3, -0.25) is 4.57 Å². The number of ether oxygens (including phenoxy) is 1. The van der Waals surface area contributed by atoms with Crippen LogP contribution >= 0.6 is 0 Å². The number of aromatic nitrogens is 4. The highest BCUT2D eigenvalue weighted by Crippen LogP contribution is 2.23. The fourth-order valence-corrected chi connectivity index (χ4v) is 4.05. The Bertz CT molecular complexity index is 843. The van der Waals surface area contributed by atoms with Gasteiger partial charge in [-0.2, -0.15) is 9.97 Å². The molecule has 2 aromatic heterocycles. The number of aryl methyl sites for hydroxylation is 1. The van der Waals surface area contributed by atoms with Crippen LogP contribution in [0.15, 0.2) is 4.79 Å². The largest absolute Gasteiger partial charge is 0.460 e. The van der Waals surface area contributed by atoms with Gasteiger partial charge in [0.15, 0.2) is 11.5 Å². The average molecular weight is 391 g/mol. The molecule has 0 amide bonds. The monoisotopic (exact) mass is 390 g/mol. The highest BCUT2D eigenvalue weighted by molar-refractivity contribution is 5.81. The molecule has 1 aliphatic heterocycles. The Labute approximate surface area is 166 Å². The van der Waals surface area contributed by atoms with Crippen LogP contribution in [0.3, 0.4) is 0 Å². The van der Waals surface area contributed by atoms with E-state index in [0.29, 0.717) is 29.7 Å². The van der Waals surface area contributed by atoms with E-state index in [1.165, 1.54) is 19.4 Å². The Morgan fingerprint density at radius 2 is 2.11 bits per heavy atom. The summed E-state index contributed by atoms with van der Waals surface area (Å²) in [6.45, 7) is 11.5. The number of rotatable bonds is 8. The molecule has 3 rings (SSSR count). The van der Waals surface area contributed by atoms with Crippen molar-refractivity contribution in [1.82, 2.24) is 24.4 Å². The maximum atomic E-state index is 12.5. The van der Waals surface area contributed by atoms with Crippen molar-refractivity contribution in [3.8, 4) is 6.01 Å². The molecule has 8 heteroatoms. The lowest BCUT2D eigenvalue weighted by Gasteiger charge is -2.35. The van der Waals surface area contributed by atoms with Crippen LogP contribution in [0.2, 0.25) is 0 Å². The van der Waals surface area contributed by atoms with Gasteiger partial charge in [-0.15, -0.1) is 0 Å². The van der Waals surface area contributed by atoms with Crippen molar-refractivity contribution in [2.75, 3.05) is 18.8 Å². The number of nitrogens with two attached hydrogens (primary N) is 1. The van der Waals surface area contributed by atoms with Crippen LogP contribution in [0, 0.1) is 5.92 Å². The molecule has 2 atom stereocenters. The first kappa shape index (κ1) is 20.6. The van der Waals surface area contributed by atoms with Gasteiger partial charge < -0.3 is 20.4 Å². The number of imidazole rings is 1. The zero-order valence-corrected chi connectivity index (χ0v) is 17.6. The smallest absolute Gasteiger partial charge is 0.327 e. The van der Waals surface area contributed by atoms with Crippen molar-refractivity contribution in [1.29, 1.82) is 0 Å². The Morgan fingerprint density at radius 3 is 2.82 bits per heavy atom. The number of likely N-dealkylation sites (tertiary alicyclic amines) is 1. The van der Waals surface area contributed by atoms with Gasteiger partial charge in [0.2, 0.25) is 0 Å². The quantitative estimate of drug-likeness (QED) is 0.718. The molecule has 0 saturated carbocycles. The highest BCUT2D eigenvalue weighted by Gasteiger charge is 2.22. The number of aromatic amines is 1. The first-order chi connectivity index (χ1) is 13.4. The van der Waals surface area contributed by atoms with Crippen LogP contribution in [-0.4, -0.2) is 49.7 Å². The molecule has 0 radical (unpaired) electrons. The van der Waals surface area contributed by atoms with E-state index in [0.717, 1.165) is 25.8 Å². The fraction of sp³-hybridized carbons (Fsp3) is 0.750. The number of hydrogen-bond acceptors (Lipinski definition) is 6. The second-order valence-electron chi connectivity index (χ2n) is 8.27. The number of nitrogens with zero attached hydrogens (tertiary/aromatic N) is 4. The number of nitrogens with one attached hydrogen (secondary N) is 1. The molecule has 1 fully saturated rings. The van der Waals surface area contributed by atoms with E-state index in [4.69, 9.17) is 10.5 Å². The van der Waals surface area contributed by atoms with Gasteiger partial charge in [0.05, 0.1) is 6.10 Å². The topological polar surface area (TPSA) is 102 Å². The summed E-state index contributed by atoms with van der Waals surface area (Å²) in [4.78, 5) is 26.5. The normalized spacial score (nSPS) is 19.4. The van der Waals surface area contributed by atoms with Crippen molar-refractivity contribution >= 4 is 17.0 Å². The van der Waals surface area contributed by atoms with Crippen molar-refractivity contribution in [2.24, 2.45) is 5.92 Å². The first-order valence-corrected chi connectivity index (χ1v) is 10.6. The molecule has 2 aromatic rings. The lowest BCUT2D eigenvalue weighted by atomic mass is 9.94. The number of anilines is 1. The maximum Gasteiger partial charge on any atom is 0.327 e. The number of H-pyrrole nitrogens is 1. The lowest BCUT2D eigenvalue weighted by Crippen LogP contribution is -2.40. The van der Waals surface area contributed by atoms with Crippen LogP contribution in [0.5, 0.6) is 6.01 Å². The van der Waals surface area contributed by atoms with Gasteiger partial charge >= 0.3 is 11.7 Å². The maximum absolute atomic E-state index is 12.5. The molecule has 3 N–H and O–H groups in total. The number of nitrogen functional groups attached to an aromatic ring is 1. The molecule has 28 heavy (non-hydrogen) atoms. The Hall–Kier alpha value is -2.09. The predicted octanol–water partition coefficient (Wildman–Crippen LogP) is 2.78. The molecule has 0 spiro atoms. The number of fused-ring (bicyclic) bond motifs is 1. The molecule has 0 aliphatic carbocycles. The van der Waals surface area contributed by atoms with Crippen LogP contribution in [0.4, 0.5) is 5.82 Å². The lowest BCUT2D eigenvalue weighted by molar-refractivity contribution is 0.133. The van der Waals surface area contributed by atoms with E-state index in [2.05, 4.69) is 40.6 Å². The third kappa shape index (κ3) is 4.66. The first-order valence-electron chi connectivity index (χ1n) is 10.6. The summed E-state index contributed by atoms with van der Waals surface area (Å²) in [5.74, 6) is 0.843. The van der Waals surface area contributed by atoms with E-state index < -0.39 is 0 Å². The molecule has 1 aliphatic rings. The zero-order chi connectivity index (χ0) is 20.3. The van der Waals surface area contributed by atoms with Gasteiger partial charge in [0.25, 0.3) is 0 Å². The third-order valence-electron chi connectivity index (χ3n) is 5.67. The molecule has 3 heterocycles. The number of piperidine rings is 1. The summed E-state index contributed by atoms with van der Waals surface area (Å²) in [7, 11) is 0. The molecule has 156 valence electrons. The number of hydrogen-bond donors (Lipinski definition) is 2. The van der Waals surface area contributed by atoms with E-state index >= 15 is 0 Å². The van der Waals surface area contributed by atoms with Crippen LogP contribution < -0.4 is 16.2 Å². The summed E-state index contributed by atoms with van der Waals surface area (Å²) in [5, 5.41) is 0. The van der Waals surface area contributed by atoms with Crippen molar-refractivity contribution in [3.63, 3.8) is 0 Å². The van der Waals surface area contributed by atoms with Crippen LogP contribution in [0.25, 0.3) is 11.2 Å². The van der Waals surface area contributed by atoms with Crippen LogP contribution in [0.1, 0.15) is 59.8 Å². The van der Waals surface area contributed by atoms with E-state index in [-0.39, 0.29) is 23.6 Å². The van der Waals surface area contributed by atoms with Crippen molar-refractivity contribution < 1.29 is 4.74 Å². The molecule has 0 bridgehead atoms. The van der Waals surface area contributed by atoms with E-state index in [1.807, 2.05) is 6.92 Å². The van der Waals surface area contributed by atoms with Gasteiger partial charge in [-0.05, 0) is 58.9 Å². The molecular formula is C20H34N6O2. The molecule has 2 unspecified atom stereocenters. The fourth-order valence-electron chi connectivity index (χ4n) is 4.05. The standard InChI is InChI=1S/C20H34N6O2/c1-5-7-14(4)28-19-23-17(21)16-18(24-19)26(20(27)22-16)11-9-15-8-6-10-25(12-15)13(2)3/h13-15H,5-12H2,1-4H3,(H,22,27)(H2,21,23,24). The van der Waals surface area contributed by atoms with Crippen molar-refractivity contribution in [3.05, 3.63) is 10.5 Å². The third-order valence-corrected chi connectivity index (χ3v) is 5.67. The minimum Gasteiger partial charge on any atom is -0.460 e. The zero-order valence-electron chi connectivity index (χ0n) is 17.6. The van der Waals surface area contributed by atoms with E-state index in [1.54, 1.807) is 4.57 Å².